The number of carbonyl (C=O) groups excluding carboxylic acids is 2. The quantitative estimate of drug-likeness (QED) is 0.341. The molecule has 2 N–H and O–H groups in total. The lowest BCUT2D eigenvalue weighted by Crippen LogP contribution is -2.25. The van der Waals surface area contributed by atoms with E-state index in [1.165, 1.54) is 0 Å². The number of rotatable bonds is 9. The Morgan fingerprint density at radius 1 is 1.00 bits per heavy atom. The highest BCUT2D eigenvalue weighted by Crippen LogP contribution is 2.25. The minimum Gasteiger partial charge on any atom is -0.487 e. The van der Waals surface area contributed by atoms with Gasteiger partial charge >= 0.3 is 5.97 Å². The summed E-state index contributed by atoms with van der Waals surface area (Å²) in [5, 5.41) is 19.4. The first-order chi connectivity index (χ1) is 17.9. The maximum atomic E-state index is 11.7. The van der Waals surface area contributed by atoms with E-state index >= 15 is 0 Å². The molecule has 3 aromatic carbocycles. The van der Waals surface area contributed by atoms with E-state index in [0.717, 1.165) is 28.5 Å². The van der Waals surface area contributed by atoms with Gasteiger partial charge in [-0.15, -0.1) is 5.10 Å². The third kappa shape index (κ3) is 5.87. The highest BCUT2D eigenvalue weighted by atomic mass is 32.2. The zero-order valence-corrected chi connectivity index (χ0v) is 20.4. The number of benzene rings is 3. The lowest BCUT2D eigenvalue weighted by atomic mass is 9.99. The number of aromatic nitrogens is 3. The predicted octanol–water partition coefficient (Wildman–Crippen LogP) is 4.16. The van der Waals surface area contributed by atoms with Crippen molar-refractivity contribution < 1.29 is 24.2 Å². The van der Waals surface area contributed by atoms with Crippen molar-refractivity contribution in [2.24, 2.45) is 0 Å². The van der Waals surface area contributed by atoms with Crippen LogP contribution in [0.2, 0.25) is 0 Å². The first-order valence-corrected chi connectivity index (χ1v) is 12.4. The number of ether oxygens (including phenoxy) is 1. The minimum absolute atomic E-state index is 0.250. The van der Waals surface area contributed by atoms with Crippen LogP contribution >= 0.6 is 11.8 Å². The second-order valence-corrected chi connectivity index (χ2v) is 9.65. The van der Waals surface area contributed by atoms with Gasteiger partial charge in [-0.3, -0.25) is 14.9 Å². The third-order valence-electron chi connectivity index (χ3n) is 5.85. The van der Waals surface area contributed by atoms with E-state index in [1.807, 2.05) is 60.8 Å². The van der Waals surface area contributed by atoms with Crippen LogP contribution in [-0.2, 0) is 24.4 Å². The molecule has 0 aliphatic carbocycles. The Hall–Kier alpha value is -4.44. The Labute approximate surface area is 216 Å². The number of imide groups is 1. The number of nitrogens with zero attached hydrogens (tertiary/aromatic N) is 3. The Balaban J connectivity index is 1.15. The molecule has 1 saturated heterocycles. The van der Waals surface area contributed by atoms with Crippen LogP contribution in [0.15, 0.2) is 79.0 Å². The number of carboxylic acid groups (broad SMARTS) is 1. The zero-order valence-electron chi connectivity index (χ0n) is 19.5. The smallest absolute Gasteiger partial charge is 0.336 e. The number of hydrogen-bond acceptors (Lipinski definition) is 7. The highest BCUT2D eigenvalue weighted by molar-refractivity contribution is 8.15. The topological polar surface area (TPSA) is 123 Å². The number of carboxylic acids is 1. The van der Waals surface area contributed by atoms with Gasteiger partial charge in [0.2, 0.25) is 5.91 Å². The second-order valence-electron chi connectivity index (χ2n) is 8.48. The molecular weight excluding hydrogens is 492 g/mol. The monoisotopic (exact) mass is 514 g/mol. The molecule has 1 atom stereocenters. The van der Waals surface area contributed by atoms with Gasteiger partial charge in [-0.05, 0) is 46.9 Å². The van der Waals surface area contributed by atoms with Gasteiger partial charge in [0.1, 0.15) is 18.1 Å². The summed E-state index contributed by atoms with van der Waals surface area (Å²) in [5.41, 5.74) is 4.39. The van der Waals surface area contributed by atoms with Crippen LogP contribution in [0, 0.1) is 0 Å². The number of hydrogen-bond donors (Lipinski definition) is 2. The summed E-state index contributed by atoms with van der Waals surface area (Å²) in [5.74, 6) is -0.545. The Kier molecular flexibility index (Phi) is 7.00. The largest absolute Gasteiger partial charge is 0.487 e. The third-order valence-corrected chi connectivity index (χ3v) is 6.83. The van der Waals surface area contributed by atoms with Crippen LogP contribution in [0.4, 0.5) is 4.79 Å². The van der Waals surface area contributed by atoms with Crippen molar-refractivity contribution in [1.29, 1.82) is 0 Å². The standard InChI is InChI=1S/C27H22N4O5S/c32-25-24(37-27(35)28-25)13-17-7-11-21(12-8-17)36-16-20-15-31(30-29-20)14-18-5-9-19(10-6-18)22-3-1-2-4-23(22)26(33)34/h1-12,15,24H,13-14,16H2,(H,33,34)(H,28,32,35). The van der Waals surface area contributed by atoms with Gasteiger partial charge in [0.05, 0.1) is 23.6 Å². The normalized spacial score (nSPS) is 15.0. The van der Waals surface area contributed by atoms with Crippen LogP contribution in [-0.4, -0.2) is 42.5 Å². The van der Waals surface area contributed by atoms with Crippen molar-refractivity contribution in [3.05, 3.63) is 101 Å². The van der Waals surface area contributed by atoms with E-state index in [4.69, 9.17) is 4.74 Å². The Bertz CT molecular complexity index is 1450. The predicted molar refractivity (Wildman–Crippen MR) is 137 cm³/mol. The molecule has 0 spiro atoms. The molecule has 0 bridgehead atoms. The molecule has 1 aliphatic rings. The maximum Gasteiger partial charge on any atom is 0.336 e. The summed E-state index contributed by atoms with van der Waals surface area (Å²) in [6, 6.07) is 22.0. The Morgan fingerprint density at radius 3 is 2.43 bits per heavy atom. The summed E-state index contributed by atoms with van der Waals surface area (Å²) in [7, 11) is 0. The van der Waals surface area contributed by atoms with E-state index < -0.39 is 11.2 Å². The molecule has 10 heteroatoms. The maximum absolute atomic E-state index is 11.7. The fraction of sp³-hybridized carbons (Fsp3) is 0.148. The van der Waals surface area contributed by atoms with E-state index in [2.05, 4.69) is 15.6 Å². The van der Waals surface area contributed by atoms with Gasteiger partial charge in [-0.2, -0.15) is 0 Å². The number of nitrogens with one attached hydrogen (secondary N) is 1. The molecule has 1 fully saturated rings. The van der Waals surface area contributed by atoms with Crippen molar-refractivity contribution in [3.8, 4) is 16.9 Å². The molecule has 1 unspecified atom stereocenters. The van der Waals surface area contributed by atoms with E-state index in [0.29, 0.717) is 30.0 Å². The highest BCUT2D eigenvalue weighted by Gasteiger charge is 2.31. The van der Waals surface area contributed by atoms with Crippen molar-refractivity contribution in [2.45, 2.75) is 24.8 Å². The average molecular weight is 515 g/mol. The molecule has 2 heterocycles. The minimum atomic E-state index is -0.956. The fourth-order valence-electron chi connectivity index (χ4n) is 4.00. The van der Waals surface area contributed by atoms with Crippen LogP contribution < -0.4 is 10.1 Å². The summed E-state index contributed by atoms with van der Waals surface area (Å²) >= 11 is 1.01. The molecule has 1 aliphatic heterocycles. The first kappa shape index (κ1) is 24.3. The SMILES string of the molecule is O=C1NC(=O)C(Cc2ccc(OCc3cn(Cc4ccc(-c5ccccc5C(=O)O)cc4)nn3)cc2)S1. The van der Waals surface area contributed by atoms with Crippen LogP contribution in [0.1, 0.15) is 27.2 Å². The van der Waals surface area contributed by atoms with Crippen molar-refractivity contribution in [3.63, 3.8) is 0 Å². The van der Waals surface area contributed by atoms with E-state index in [9.17, 15) is 19.5 Å². The number of carbonyl (C=O) groups is 3. The molecule has 4 aromatic rings. The summed E-state index contributed by atoms with van der Waals surface area (Å²) in [6.07, 6.45) is 2.29. The van der Waals surface area contributed by atoms with Gasteiger partial charge in [0, 0.05) is 0 Å². The fourth-order valence-corrected chi connectivity index (χ4v) is 4.86. The van der Waals surface area contributed by atoms with Crippen LogP contribution in [0.25, 0.3) is 11.1 Å². The summed E-state index contributed by atoms with van der Waals surface area (Å²) < 4.78 is 7.53. The molecule has 0 saturated carbocycles. The number of aromatic carboxylic acids is 1. The van der Waals surface area contributed by atoms with Gasteiger partial charge in [0.15, 0.2) is 0 Å². The van der Waals surface area contributed by atoms with Gasteiger partial charge in [-0.25, -0.2) is 9.48 Å². The van der Waals surface area contributed by atoms with Crippen LogP contribution in [0.3, 0.4) is 0 Å². The molecule has 5 rings (SSSR count). The zero-order chi connectivity index (χ0) is 25.8. The molecular formula is C27H22N4O5S. The number of amides is 2. The Morgan fingerprint density at radius 2 is 1.73 bits per heavy atom. The first-order valence-electron chi connectivity index (χ1n) is 11.5. The summed E-state index contributed by atoms with van der Waals surface area (Å²) in [6.45, 7) is 0.761. The molecule has 1 aromatic heterocycles. The molecule has 186 valence electrons. The molecule has 2 amide bonds. The van der Waals surface area contributed by atoms with Crippen molar-refractivity contribution in [2.75, 3.05) is 0 Å². The molecule has 0 radical (unpaired) electrons. The lowest BCUT2D eigenvalue weighted by Gasteiger charge is -2.08. The lowest BCUT2D eigenvalue weighted by molar-refractivity contribution is -0.118. The van der Waals surface area contributed by atoms with E-state index in [1.54, 1.807) is 22.9 Å². The average Bonchev–Trinajstić information content (AvgIpc) is 3.48. The van der Waals surface area contributed by atoms with Crippen molar-refractivity contribution >= 4 is 28.9 Å². The van der Waals surface area contributed by atoms with Crippen molar-refractivity contribution in [1.82, 2.24) is 20.3 Å². The molecule has 37 heavy (non-hydrogen) atoms. The van der Waals surface area contributed by atoms with Gasteiger partial charge in [0.25, 0.3) is 5.24 Å². The second kappa shape index (κ2) is 10.7. The summed E-state index contributed by atoms with van der Waals surface area (Å²) in [4.78, 5) is 34.5. The van der Waals surface area contributed by atoms with E-state index in [-0.39, 0.29) is 23.3 Å². The number of thioether (sulfide) groups is 1. The molecule has 9 nitrogen and oxygen atoms in total. The van der Waals surface area contributed by atoms with Crippen LogP contribution in [0.5, 0.6) is 5.75 Å². The van der Waals surface area contributed by atoms with Gasteiger partial charge in [-0.1, -0.05) is 71.6 Å². The van der Waals surface area contributed by atoms with Gasteiger partial charge < -0.3 is 9.84 Å².